The minimum atomic E-state index is -0.400. The number of nitrogens with two attached hydrogens (primary N) is 1. The van der Waals surface area contributed by atoms with Crippen LogP contribution in [0.3, 0.4) is 0 Å². The normalized spacial score (nSPS) is 10.8. The highest BCUT2D eigenvalue weighted by molar-refractivity contribution is 9.10. The molecule has 7 heteroatoms. The summed E-state index contributed by atoms with van der Waals surface area (Å²) in [5.74, 6) is 0.0426. The Morgan fingerprint density at radius 1 is 1.24 bits per heavy atom. The second-order valence-electron chi connectivity index (χ2n) is 4.29. The number of benzene rings is 2. The van der Waals surface area contributed by atoms with E-state index >= 15 is 0 Å². The van der Waals surface area contributed by atoms with E-state index < -0.39 is 5.82 Å². The Hall–Kier alpha value is -1.92. The lowest BCUT2D eigenvalue weighted by Crippen LogP contribution is -1.91. The maximum atomic E-state index is 13.4. The van der Waals surface area contributed by atoms with Gasteiger partial charge in [0, 0.05) is 15.7 Å². The zero-order chi connectivity index (χ0) is 15.0. The molecular weight excluding hydrogens is 361 g/mol. The fraction of sp³-hybridized carbons (Fsp3) is 0. The minimum Gasteiger partial charge on any atom is -0.398 e. The number of hydrogen-bond acceptors (Lipinski definition) is 4. The zero-order valence-corrected chi connectivity index (χ0v) is 12.8. The second kappa shape index (κ2) is 5.46. The van der Waals surface area contributed by atoms with Crippen molar-refractivity contribution in [3.05, 3.63) is 51.7 Å². The van der Waals surface area contributed by atoms with Crippen LogP contribution in [0.5, 0.6) is 0 Å². The highest BCUT2D eigenvalue weighted by atomic mass is 79.9. The van der Waals surface area contributed by atoms with Crippen molar-refractivity contribution in [1.29, 1.82) is 0 Å². The number of anilines is 1. The third-order valence-corrected chi connectivity index (χ3v) is 3.58. The highest BCUT2D eigenvalue weighted by Gasteiger charge is 2.16. The van der Waals surface area contributed by atoms with Crippen molar-refractivity contribution < 1.29 is 8.91 Å². The van der Waals surface area contributed by atoms with Crippen molar-refractivity contribution in [3.63, 3.8) is 0 Å². The maximum Gasteiger partial charge on any atom is 0.261 e. The second-order valence-corrected chi connectivity index (χ2v) is 5.61. The third-order valence-electron chi connectivity index (χ3n) is 2.81. The van der Waals surface area contributed by atoms with Crippen LogP contribution in [0.2, 0.25) is 5.02 Å². The summed E-state index contributed by atoms with van der Waals surface area (Å²) < 4.78 is 19.2. The first kappa shape index (κ1) is 14.0. The van der Waals surface area contributed by atoms with E-state index in [1.165, 1.54) is 12.1 Å². The summed E-state index contributed by atoms with van der Waals surface area (Å²) in [7, 11) is 0. The van der Waals surface area contributed by atoms with Gasteiger partial charge in [-0.1, -0.05) is 38.8 Å². The largest absolute Gasteiger partial charge is 0.398 e. The molecule has 0 amide bonds. The fourth-order valence-corrected chi connectivity index (χ4v) is 2.62. The first-order valence-corrected chi connectivity index (χ1v) is 7.06. The lowest BCUT2D eigenvalue weighted by Gasteiger charge is -2.01. The van der Waals surface area contributed by atoms with Crippen molar-refractivity contribution in [2.75, 3.05) is 5.73 Å². The fourth-order valence-electron chi connectivity index (χ4n) is 1.89. The Morgan fingerprint density at radius 3 is 2.76 bits per heavy atom. The van der Waals surface area contributed by atoms with E-state index in [9.17, 15) is 4.39 Å². The van der Waals surface area contributed by atoms with Crippen molar-refractivity contribution in [3.8, 4) is 22.8 Å². The van der Waals surface area contributed by atoms with Crippen LogP contribution in [0.25, 0.3) is 22.8 Å². The standard InChI is InChI=1S/C14H8BrClFN3O/c15-8-4-7(5-9(17)6-8)13-19-14(21-20-13)12-10(16)2-1-3-11(12)18/h1-6H,18H2. The molecule has 21 heavy (non-hydrogen) atoms. The number of rotatable bonds is 2. The van der Waals surface area contributed by atoms with E-state index in [-0.39, 0.29) is 11.7 Å². The van der Waals surface area contributed by atoms with E-state index in [1.54, 1.807) is 24.3 Å². The summed E-state index contributed by atoms with van der Waals surface area (Å²) in [6.45, 7) is 0. The molecule has 0 unspecified atom stereocenters. The zero-order valence-electron chi connectivity index (χ0n) is 10.5. The molecule has 2 N–H and O–H groups in total. The Morgan fingerprint density at radius 2 is 2.05 bits per heavy atom. The van der Waals surface area contributed by atoms with Crippen LogP contribution in [0.15, 0.2) is 45.4 Å². The Labute approximate surface area is 132 Å². The average Bonchev–Trinajstić information content (AvgIpc) is 2.87. The van der Waals surface area contributed by atoms with Gasteiger partial charge in [0.15, 0.2) is 0 Å². The van der Waals surface area contributed by atoms with E-state index in [0.29, 0.717) is 26.3 Å². The van der Waals surface area contributed by atoms with Gasteiger partial charge in [-0.05, 0) is 30.3 Å². The van der Waals surface area contributed by atoms with Crippen LogP contribution in [0.1, 0.15) is 0 Å². The molecule has 0 bridgehead atoms. The van der Waals surface area contributed by atoms with Crippen LogP contribution >= 0.6 is 27.5 Å². The van der Waals surface area contributed by atoms with Crippen LogP contribution in [-0.4, -0.2) is 10.1 Å². The molecule has 0 aliphatic carbocycles. The third kappa shape index (κ3) is 2.77. The molecule has 0 atom stereocenters. The summed E-state index contributed by atoms with van der Waals surface area (Å²) in [5.41, 5.74) is 7.25. The number of halogens is 3. The molecule has 0 radical (unpaired) electrons. The summed E-state index contributed by atoms with van der Waals surface area (Å²) in [6, 6.07) is 9.43. The van der Waals surface area contributed by atoms with Crippen LogP contribution in [0, 0.1) is 5.82 Å². The number of aromatic nitrogens is 2. The molecule has 2 aromatic carbocycles. The summed E-state index contributed by atoms with van der Waals surface area (Å²) in [6.07, 6.45) is 0. The van der Waals surface area contributed by atoms with Crippen molar-refractivity contribution >= 4 is 33.2 Å². The molecule has 3 aromatic rings. The Balaban J connectivity index is 2.08. The number of nitrogen functional groups attached to an aromatic ring is 1. The molecule has 3 rings (SSSR count). The summed E-state index contributed by atoms with van der Waals surface area (Å²) in [5, 5.41) is 4.25. The lowest BCUT2D eigenvalue weighted by atomic mass is 10.2. The average molecular weight is 369 g/mol. The van der Waals surface area contributed by atoms with Gasteiger partial charge in [0.05, 0.1) is 10.6 Å². The molecule has 1 aromatic heterocycles. The minimum absolute atomic E-state index is 0.188. The molecule has 0 spiro atoms. The monoisotopic (exact) mass is 367 g/mol. The van der Waals surface area contributed by atoms with Crippen molar-refractivity contribution in [1.82, 2.24) is 10.1 Å². The van der Waals surface area contributed by atoms with Gasteiger partial charge in [-0.3, -0.25) is 0 Å². The molecule has 1 heterocycles. The maximum absolute atomic E-state index is 13.4. The van der Waals surface area contributed by atoms with Gasteiger partial charge in [0.25, 0.3) is 5.89 Å². The van der Waals surface area contributed by atoms with Crippen molar-refractivity contribution in [2.45, 2.75) is 0 Å². The van der Waals surface area contributed by atoms with Gasteiger partial charge in [-0.2, -0.15) is 4.98 Å². The summed E-state index contributed by atoms with van der Waals surface area (Å²) in [4.78, 5) is 4.22. The molecule has 4 nitrogen and oxygen atoms in total. The van der Waals surface area contributed by atoms with Gasteiger partial charge >= 0.3 is 0 Å². The van der Waals surface area contributed by atoms with E-state index in [4.69, 9.17) is 21.9 Å². The topological polar surface area (TPSA) is 64.9 Å². The van der Waals surface area contributed by atoms with Crippen LogP contribution in [0.4, 0.5) is 10.1 Å². The SMILES string of the molecule is Nc1cccc(Cl)c1-c1nc(-c2cc(F)cc(Br)c2)no1. The van der Waals surface area contributed by atoms with E-state index in [2.05, 4.69) is 26.1 Å². The van der Waals surface area contributed by atoms with E-state index in [1.807, 2.05) is 0 Å². The molecule has 0 aliphatic heterocycles. The number of nitrogens with zero attached hydrogens (tertiary/aromatic N) is 2. The van der Waals surface area contributed by atoms with Crippen molar-refractivity contribution in [2.24, 2.45) is 0 Å². The van der Waals surface area contributed by atoms with Gasteiger partial charge in [0.1, 0.15) is 5.82 Å². The molecule has 0 fully saturated rings. The van der Waals surface area contributed by atoms with Gasteiger partial charge < -0.3 is 10.3 Å². The molecule has 106 valence electrons. The summed E-state index contributed by atoms with van der Waals surface area (Å²) >= 11 is 9.31. The van der Waals surface area contributed by atoms with Crippen LogP contribution < -0.4 is 5.73 Å². The quantitative estimate of drug-likeness (QED) is 0.674. The number of hydrogen-bond donors (Lipinski definition) is 1. The molecule has 0 aliphatic rings. The molecule has 0 saturated carbocycles. The van der Waals surface area contributed by atoms with E-state index in [0.717, 1.165) is 0 Å². The molecule has 0 saturated heterocycles. The predicted octanol–water partition coefficient (Wildman–Crippen LogP) is 4.54. The van der Waals surface area contributed by atoms with Gasteiger partial charge in [0.2, 0.25) is 5.82 Å². The lowest BCUT2D eigenvalue weighted by molar-refractivity contribution is 0.432. The van der Waals surface area contributed by atoms with Gasteiger partial charge in [-0.15, -0.1) is 0 Å². The Bertz CT molecular complexity index is 781. The first-order valence-electron chi connectivity index (χ1n) is 5.89. The van der Waals surface area contributed by atoms with Crippen LogP contribution in [-0.2, 0) is 0 Å². The smallest absolute Gasteiger partial charge is 0.261 e. The molecular formula is C14H8BrClFN3O. The highest BCUT2D eigenvalue weighted by Crippen LogP contribution is 2.33. The first-order chi connectivity index (χ1) is 10.0. The predicted molar refractivity (Wildman–Crippen MR) is 82.3 cm³/mol. The Kier molecular flexibility index (Phi) is 3.65. The van der Waals surface area contributed by atoms with Gasteiger partial charge in [-0.25, -0.2) is 4.39 Å².